The zero-order valence-corrected chi connectivity index (χ0v) is 16.8. The molecule has 1 saturated heterocycles. The first kappa shape index (κ1) is 19.2. The number of likely N-dealkylation sites (tertiary alicyclic amines) is 1. The first-order chi connectivity index (χ1) is 14.1. The fourth-order valence-electron chi connectivity index (χ4n) is 4.02. The van der Waals surface area contributed by atoms with Crippen LogP contribution in [-0.2, 0) is 18.3 Å². The topological polar surface area (TPSA) is 83.0 Å². The summed E-state index contributed by atoms with van der Waals surface area (Å²) >= 11 is 0. The first-order valence-corrected chi connectivity index (χ1v) is 10.3. The zero-order chi connectivity index (χ0) is 20.2. The average molecular weight is 393 g/mol. The molecule has 4 rings (SSSR count). The van der Waals surface area contributed by atoms with Crippen LogP contribution in [0.25, 0.3) is 10.9 Å². The standard InChI is InChI=1S/C22H27N5O2/c1-26-21(22(29)27-12-5-2-6-13-27)19(15-24-26)25-20(28)11-7-8-16-14-23-18-10-4-3-9-17(16)18/h3-4,9-10,14-15,23H,2,5-8,11-13H2,1H3,(H,25,28). The molecule has 1 aromatic carbocycles. The van der Waals surface area contributed by atoms with Crippen LogP contribution in [0.3, 0.4) is 0 Å². The highest BCUT2D eigenvalue weighted by Gasteiger charge is 2.25. The van der Waals surface area contributed by atoms with E-state index in [-0.39, 0.29) is 11.8 Å². The van der Waals surface area contributed by atoms with Gasteiger partial charge in [-0.25, -0.2) is 0 Å². The Hall–Kier alpha value is -3.09. The van der Waals surface area contributed by atoms with Crippen molar-refractivity contribution in [2.75, 3.05) is 18.4 Å². The number of benzene rings is 1. The minimum Gasteiger partial charge on any atom is -0.361 e. The molecule has 29 heavy (non-hydrogen) atoms. The Morgan fingerprint density at radius 3 is 2.79 bits per heavy atom. The van der Waals surface area contributed by atoms with Crippen molar-refractivity contribution >= 4 is 28.4 Å². The fraction of sp³-hybridized carbons (Fsp3) is 0.409. The molecular formula is C22H27N5O2. The summed E-state index contributed by atoms with van der Waals surface area (Å²) in [7, 11) is 1.74. The van der Waals surface area contributed by atoms with Crippen LogP contribution < -0.4 is 5.32 Å². The Kier molecular flexibility index (Phi) is 5.64. The lowest BCUT2D eigenvalue weighted by atomic mass is 10.1. The number of carbonyl (C=O) groups excluding carboxylic acids is 2. The van der Waals surface area contributed by atoms with Gasteiger partial charge in [-0.1, -0.05) is 18.2 Å². The molecule has 0 atom stereocenters. The van der Waals surface area contributed by atoms with Gasteiger partial charge in [-0.2, -0.15) is 5.10 Å². The number of amides is 2. The van der Waals surface area contributed by atoms with E-state index < -0.39 is 0 Å². The van der Waals surface area contributed by atoms with Gasteiger partial charge in [-0.15, -0.1) is 0 Å². The number of para-hydroxylation sites is 1. The van der Waals surface area contributed by atoms with Gasteiger partial charge in [-0.3, -0.25) is 14.3 Å². The van der Waals surface area contributed by atoms with Gasteiger partial charge >= 0.3 is 0 Å². The third kappa shape index (κ3) is 4.18. The minimum absolute atomic E-state index is 0.0567. The largest absolute Gasteiger partial charge is 0.361 e. The maximum Gasteiger partial charge on any atom is 0.274 e. The van der Waals surface area contributed by atoms with Crippen molar-refractivity contribution < 1.29 is 9.59 Å². The molecule has 3 heterocycles. The molecule has 1 aliphatic heterocycles. The summed E-state index contributed by atoms with van der Waals surface area (Å²) in [4.78, 5) is 30.5. The van der Waals surface area contributed by atoms with Crippen LogP contribution in [0, 0.1) is 0 Å². The Labute approximate surface area is 170 Å². The van der Waals surface area contributed by atoms with Gasteiger partial charge in [0, 0.05) is 43.7 Å². The molecule has 3 aromatic rings. The van der Waals surface area contributed by atoms with Crippen LogP contribution in [0.1, 0.15) is 48.2 Å². The van der Waals surface area contributed by atoms with Gasteiger partial charge < -0.3 is 15.2 Å². The number of rotatable bonds is 6. The van der Waals surface area contributed by atoms with Gasteiger partial charge in [0.15, 0.2) is 0 Å². The summed E-state index contributed by atoms with van der Waals surface area (Å²) in [5.41, 5.74) is 3.29. The van der Waals surface area contributed by atoms with Gasteiger partial charge in [0.1, 0.15) is 5.69 Å². The number of aromatic nitrogens is 3. The van der Waals surface area contributed by atoms with Crippen molar-refractivity contribution in [1.82, 2.24) is 19.7 Å². The molecule has 152 valence electrons. The van der Waals surface area contributed by atoms with E-state index in [4.69, 9.17) is 0 Å². The van der Waals surface area contributed by atoms with Gasteiger partial charge in [0.05, 0.1) is 11.9 Å². The quantitative estimate of drug-likeness (QED) is 0.672. The van der Waals surface area contributed by atoms with Crippen molar-refractivity contribution in [2.24, 2.45) is 7.05 Å². The number of hydrogen-bond acceptors (Lipinski definition) is 3. The van der Waals surface area contributed by atoms with Gasteiger partial charge in [0.25, 0.3) is 5.91 Å². The van der Waals surface area contributed by atoms with E-state index in [1.165, 1.54) is 10.9 Å². The van der Waals surface area contributed by atoms with Crippen molar-refractivity contribution in [3.05, 3.63) is 47.9 Å². The van der Waals surface area contributed by atoms with E-state index in [0.29, 0.717) is 17.8 Å². The lowest BCUT2D eigenvalue weighted by Gasteiger charge is -2.27. The number of H-pyrrole nitrogens is 1. The Bertz CT molecular complexity index is 1010. The predicted octanol–water partition coefficient (Wildman–Crippen LogP) is 3.49. The highest BCUT2D eigenvalue weighted by Crippen LogP contribution is 2.21. The molecule has 0 saturated carbocycles. The van der Waals surface area contributed by atoms with Crippen LogP contribution >= 0.6 is 0 Å². The molecule has 2 N–H and O–H groups in total. The molecule has 0 unspecified atom stereocenters. The second-order valence-corrected chi connectivity index (χ2v) is 7.64. The summed E-state index contributed by atoms with van der Waals surface area (Å²) in [6.07, 6.45) is 8.75. The monoisotopic (exact) mass is 393 g/mol. The second kappa shape index (κ2) is 8.51. The third-order valence-electron chi connectivity index (χ3n) is 5.58. The smallest absolute Gasteiger partial charge is 0.274 e. The minimum atomic E-state index is -0.0921. The van der Waals surface area contributed by atoms with Crippen LogP contribution in [0.2, 0.25) is 0 Å². The Morgan fingerprint density at radius 2 is 1.97 bits per heavy atom. The van der Waals surface area contributed by atoms with Crippen LogP contribution in [-0.4, -0.2) is 44.6 Å². The van der Waals surface area contributed by atoms with E-state index in [1.807, 2.05) is 23.2 Å². The molecule has 7 heteroatoms. The number of piperidine rings is 1. The molecule has 7 nitrogen and oxygen atoms in total. The number of nitrogens with one attached hydrogen (secondary N) is 2. The molecule has 0 spiro atoms. The van der Waals surface area contributed by atoms with Crippen LogP contribution in [0.4, 0.5) is 5.69 Å². The molecule has 2 aromatic heterocycles. The summed E-state index contributed by atoms with van der Waals surface area (Å²) in [5.74, 6) is -0.149. The maximum atomic E-state index is 12.9. The normalized spacial score (nSPS) is 14.3. The predicted molar refractivity (Wildman–Crippen MR) is 113 cm³/mol. The number of anilines is 1. The summed E-state index contributed by atoms with van der Waals surface area (Å²) < 4.78 is 1.55. The number of aryl methyl sites for hydroxylation is 2. The van der Waals surface area contributed by atoms with Gasteiger partial charge in [-0.05, 0) is 43.7 Å². The molecular weight excluding hydrogens is 366 g/mol. The van der Waals surface area contributed by atoms with E-state index >= 15 is 0 Å². The van der Waals surface area contributed by atoms with Crippen molar-refractivity contribution in [2.45, 2.75) is 38.5 Å². The first-order valence-electron chi connectivity index (χ1n) is 10.3. The van der Waals surface area contributed by atoms with Crippen molar-refractivity contribution in [3.63, 3.8) is 0 Å². The maximum absolute atomic E-state index is 12.9. The van der Waals surface area contributed by atoms with Gasteiger partial charge in [0.2, 0.25) is 5.91 Å². The van der Waals surface area contributed by atoms with E-state index in [1.54, 1.807) is 17.9 Å². The fourth-order valence-corrected chi connectivity index (χ4v) is 4.02. The number of fused-ring (bicyclic) bond motifs is 1. The molecule has 0 radical (unpaired) electrons. The molecule has 0 aliphatic carbocycles. The summed E-state index contributed by atoms with van der Waals surface area (Å²) in [5, 5.41) is 8.29. The Balaban J connectivity index is 1.35. The number of nitrogens with zero attached hydrogens (tertiary/aromatic N) is 3. The van der Waals surface area contributed by atoms with Crippen LogP contribution in [0.15, 0.2) is 36.7 Å². The Morgan fingerprint density at radius 1 is 1.17 bits per heavy atom. The highest BCUT2D eigenvalue weighted by molar-refractivity contribution is 6.02. The molecule has 0 bridgehead atoms. The number of hydrogen-bond donors (Lipinski definition) is 2. The lowest BCUT2D eigenvalue weighted by Crippen LogP contribution is -2.37. The SMILES string of the molecule is Cn1ncc(NC(=O)CCCc2c[nH]c3ccccc23)c1C(=O)N1CCCCC1. The summed E-state index contributed by atoms with van der Waals surface area (Å²) in [6, 6.07) is 8.17. The van der Waals surface area contributed by atoms with E-state index in [2.05, 4.69) is 27.5 Å². The van der Waals surface area contributed by atoms with E-state index in [0.717, 1.165) is 50.7 Å². The molecule has 1 aliphatic rings. The summed E-state index contributed by atoms with van der Waals surface area (Å²) in [6.45, 7) is 1.53. The third-order valence-corrected chi connectivity index (χ3v) is 5.58. The average Bonchev–Trinajstić information content (AvgIpc) is 3.32. The highest BCUT2D eigenvalue weighted by atomic mass is 16.2. The number of carbonyl (C=O) groups is 2. The lowest BCUT2D eigenvalue weighted by molar-refractivity contribution is -0.116. The second-order valence-electron chi connectivity index (χ2n) is 7.64. The molecule has 1 fully saturated rings. The number of aromatic amines is 1. The van der Waals surface area contributed by atoms with Crippen LogP contribution in [0.5, 0.6) is 0 Å². The van der Waals surface area contributed by atoms with Crippen molar-refractivity contribution in [1.29, 1.82) is 0 Å². The van der Waals surface area contributed by atoms with E-state index in [9.17, 15) is 9.59 Å². The van der Waals surface area contributed by atoms with Crippen molar-refractivity contribution in [3.8, 4) is 0 Å². The zero-order valence-electron chi connectivity index (χ0n) is 16.8. The molecule has 2 amide bonds.